The molecule has 0 N–H and O–H groups in total. The molecule has 15 heavy (non-hydrogen) atoms. The summed E-state index contributed by atoms with van der Waals surface area (Å²) < 4.78 is 5.56. The van der Waals surface area contributed by atoms with E-state index >= 15 is 0 Å². The van der Waals surface area contributed by atoms with Crippen LogP contribution >= 0.6 is 11.6 Å². The molecular formula is C12H18ClOSi. The fourth-order valence-electron chi connectivity index (χ4n) is 1.56. The van der Waals surface area contributed by atoms with Gasteiger partial charge in [0.25, 0.3) is 0 Å². The third kappa shape index (κ3) is 4.82. The second kappa shape index (κ2) is 6.31. The molecule has 1 aromatic carbocycles. The normalized spacial score (nSPS) is 11.3. The van der Waals surface area contributed by atoms with Crippen LogP contribution in [0.2, 0.25) is 11.1 Å². The van der Waals surface area contributed by atoms with Crippen LogP contribution in [0, 0.1) is 5.92 Å². The summed E-state index contributed by atoms with van der Waals surface area (Å²) in [6.45, 7) is 4.48. The van der Waals surface area contributed by atoms with E-state index in [1.165, 1.54) is 11.6 Å². The van der Waals surface area contributed by atoms with Crippen molar-refractivity contribution in [2.45, 2.75) is 25.9 Å². The lowest BCUT2D eigenvalue weighted by Crippen LogP contribution is -2.21. The number of benzene rings is 1. The molecule has 0 atom stereocenters. The molecule has 83 valence electrons. The molecule has 0 aliphatic rings. The molecule has 3 heteroatoms. The van der Waals surface area contributed by atoms with Crippen molar-refractivity contribution < 1.29 is 4.43 Å². The summed E-state index contributed by atoms with van der Waals surface area (Å²) in [6, 6.07) is 10.3. The monoisotopic (exact) mass is 241 g/mol. The smallest absolute Gasteiger partial charge is 0.215 e. The predicted octanol–water partition coefficient (Wildman–Crippen LogP) is 3.72. The standard InChI is InChI=1S/C12H18ClOSi/c1-10(2)8-15(14-3)9-11-5-4-6-12(13)7-11/h4-7,10H,8-9H2,1-3H3. The van der Waals surface area contributed by atoms with E-state index in [1.807, 2.05) is 25.3 Å². The first-order chi connectivity index (χ1) is 7.11. The predicted molar refractivity (Wildman–Crippen MR) is 67.6 cm³/mol. The van der Waals surface area contributed by atoms with Gasteiger partial charge in [0.1, 0.15) is 0 Å². The molecule has 0 bridgehead atoms. The summed E-state index contributed by atoms with van der Waals surface area (Å²) in [4.78, 5) is 0. The fourth-order valence-corrected chi connectivity index (χ4v) is 3.81. The molecule has 0 aliphatic carbocycles. The third-order valence-corrected chi connectivity index (χ3v) is 5.10. The number of halogens is 1. The molecule has 0 saturated carbocycles. The SMILES string of the molecule is CO[Si](Cc1cccc(Cl)c1)CC(C)C. The topological polar surface area (TPSA) is 9.23 Å². The zero-order valence-electron chi connectivity index (χ0n) is 9.59. The first-order valence-corrected chi connectivity index (χ1v) is 7.45. The second-order valence-corrected chi connectivity index (χ2v) is 6.83. The van der Waals surface area contributed by atoms with Crippen molar-refractivity contribution >= 4 is 20.6 Å². The molecule has 1 aromatic rings. The Morgan fingerprint density at radius 1 is 1.40 bits per heavy atom. The molecule has 0 aromatic heterocycles. The highest BCUT2D eigenvalue weighted by Gasteiger charge is 2.14. The van der Waals surface area contributed by atoms with Gasteiger partial charge in [-0.25, -0.2) is 0 Å². The van der Waals surface area contributed by atoms with Crippen LogP contribution in [0.1, 0.15) is 19.4 Å². The Balaban J connectivity index is 2.58. The second-order valence-electron chi connectivity index (χ2n) is 4.15. The first-order valence-electron chi connectivity index (χ1n) is 5.25. The first kappa shape index (κ1) is 12.8. The maximum atomic E-state index is 5.95. The van der Waals surface area contributed by atoms with Crippen molar-refractivity contribution in [1.82, 2.24) is 0 Å². The van der Waals surface area contributed by atoms with Crippen molar-refractivity contribution in [3.05, 3.63) is 34.9 Å². The van der Waals surface area contributed by atoms with E-state index < -0.39 is 9.04 Å². The summed E-state index contributed by atoms with van der Waals surface area (Å²) in [7, 11) is 1.11. The molecule has 0 amide bonds. The van der Waals surface area contributed by atoms with E-state index in [0.717, 1.165) is 11.1 Å². The Morgan fingerprint density at radius 3 is 2.67 bits per heavy atom. The maximum Gasteiger partial charge on any atom is 0.215 e. The lowest BCUT2D eigenvalue weighted by Gasteiger charge is -2.14. The van der Waals surface area contributed by atoms with Crippen molar-refractivity contribution in [3.63, 3.8) is 0 Å². The Kier molecular flexibility index (Phi) is 5.36. The lowest BCUT2D eigenvalue weighted by atomic mass is 10.2. The quantitative estimate of drug-likeness (QED) is 0.714. The number of rotatable bonds is 5. The van der Waals surface area contributed by atoms with Crippen LogP contribution in [0.3, 0.4) is 0 Å². The van der Waals surface area contributed by atoms with Gasteiger partial charge in [0.05, 0.1) is 0 Å². The van der Waals surface area contributed by atoms with Crippen LogP contribution in [0.5, 0.6) is 0 Å². The lowest BCUT2D eigenvalue weighted by molar-refractivity contribution is 0.410. The molecule has 0 unspecified atom stereocenters. The van der Waals surface area contributed by atoms with Crippen LogP contribution in [-0.2, 0) is 10.5 Å². The Bertz CT molecular complexity index is 301. The van der Waals surface area contributed by atoms with E-state index in [4.69, 9.17) is 16.0 Å². The molecular weight excluding hydrogens is 224 g/mol. The molecule has 0 aliphatic heterocycles. The van der Waals surface area contributed by atoms with Gasteiger partial charge in [0.2, 0.25) is 9.04 Å². The molecule has 0 spiro atoms. The largest absolute Gasteiger partial charge is 0.419 e. The Morgan fingerprint density at radius 2 is 2.13 bits per heavy atom. The summed E-state index contributed by atoms with van der Waals surface area (Å²) in [6.07, 6.45) is 0. The van der Waals surface area contributed by atoms with Gasteiger partial charge in [-0.3, -0.25) is 0 Å². The van der Waals surface area contributed by atoms with Gasteiger partial charge in [0, 0.05) is 12.1 Å². The van der Waals surface area contributed by atoms with Crippen LogP contribution in [-0.4, -0.2) is 16.2 Å². The van der Waals surface area contributed by atoms with E-state index in [-0.39, 0.29) is 0 Å². The molecule has 0 fully saturated rings. The third-order valence-electron chi connectivity index (χ3n) is 2.21. The number of hydrogen-bond donors (Lipinski definition) is 0. The highest BCUT2D eigenvalue weighted by molar-refractivity contribution is 6.51. The van der Waals surface area contributed by atoms with Crippen molar-refractivity contribution in [2.24, 2.45) is 5.92 Å². The highest BCUT2D eigenvalue weighted by Crippen LogP contribution is 2.15. The van der Waals surface area contributed by atoms with Gasteiger partial charge >= 0.3 is 0 Å². The Hall–Kier alpha value is -0.313. The number of hydrogen-bond acceptors (Lipinski definition) is 1. The van der Waals surface area contributed by atoms with Gasteiger partial charge in [-0.15, -0.1) is 0 Å². The summed E-state index contributed by atoms with van der Waals surface area (Å²) in [5.74, 6) is 0.707. The maximum absolute atomic E-state index is 5.95. The summed E-state index contributed by atoms with van der Waals surface area (Å²) in [5.41, 5.74) is 1.29. The van der Waals surface area contributed by atoms with Crippen LogP contribution in [0.4, 0.5) is 0 Å². The van der Waals surface area contributed by atoms with Crippen molar-refractivity contribution in [3.8, 4) is 0 Å². The van der Waals surface area contributed by atoms with E-state index in [2.05, 4.69) is 19.9 Å². The van der Waals surface area contributed by atoms with E-state index in [1.54, 1.807) is 0 Å². The fraction of sp³-hybridized carbons (Fsp3) is 0.500. The van der Waals surface area contributed by atoms with Gasteiger partial charge in [0.15, 0.2) is 0 Å². The van der Waals surface area contributed by atoms with Gasteiger partial charge in [-0.2, -0.15) is 0 Å². The minimum absolute atomic E-state index is 0.707. The molecule has 0 saturated heterocycles. The minimum atomic E-state index is -0.711. The molecule has 0 heterocycles. The summed E-state index contributed by atoms with van der Waals surface area (Å²) in [5, 5.41) is 0.814. The van der Waals surface area contributed by atoms with E-state index in [0.29, 0.717) is 5.92 Å². The van der Waals surface area contributed by atoms with E-state index in [9.17, 15) is 0 Å². The van der Waals surface area contributed by atoms with Crippen LogP contribution < -0.4 is 0 Å². The molecule has 1 radical (unpaired) electrons. The van der Waals surface area contributed by atoms with Crippen molar-refractivity contribution in [1.29, 1.82) is 0 Å². The average Bonchev–Trinajstić information content (AvgIpc) is 2.16. The van der Waals surface area contributed by atoms with Crippen molar-refractivity contribution in [2.75, 3.05) is 7.11 Å². The van der Waals surface area contributed by atoms with Crippen LogP contribution in [0.25, 0.3) is 0 Å². The van der Waals surface area contributed by atoms with Gasteiger partial charge in [-0.1, -0.05) is 37.6 Å². The highest BCUT2D eigenvalue weighted by atomic mass is 35.5. The van der Waals surface area contributed by atoms with Crippen LogP contribution in [0.15, 0.2) is 24.3 Å². The zero-order valence-corrected chi connectivity index (χ0v) is 11.3. The van der Waals surface area contributed by atoms with Gasteiger partial charge < -0.3 is 4.43 Å². The summed E-state index contributed by atoms with van der Waals surface area (Å²) >= 11 is 5.95. The minimum Gasteiger partial charge on any atom is -0.419 e. The average molecular weight is 242 g/mol. The van der Waals surface area contributed by atoms with Gasteiger partial charge in [-0.05, 0) is 35.7 Å². The molecule has 1 nitrogen and oxygen atoms in total. The molecule has 1 rings (SSSR count). The zero-order chi connectivity index (χ0) is 11.3. The Labute approximate surface area is 99.1 Å².